The van der Waals surface area contributed by atoms with Gasteiger partial charge in [0, 0.05) is 22.9 Å². The summed E-state index contributed by atoms with van der Waals surface area (Å²) in [5.41, 5.74) is 1.77. The maximum atomic E-state index is 13.2. The summed E-state index contributed by atoms with van der Waals surface area (Å²) in [7, 11) is 0. The first-order valence-corrected chi connectivity index (χ1v) is 11.7. The quantitative estimate of drug-likeness (QED) is 0.568. The fourth-order valence-electron chi connectivity index (χ4n) is 3.07. The second-order valence-corrected chi connectivity index (χ2v) is 9.71. The van der Waals surface area contributed by atoms with E-state index in [-0.39, 0.29) is 17.4 Å². The van der Waals surface area contributed by atoms with Crippen LogP contribution >= 0.6 is 23.4 Å². The van der Waals surface area contributed by atoms with E-state index in [0.29, 0.717) is 29.5 Å². The van der Waals surface area contributed by atoms with Crippen LogP contribution in [0.4, 0.5) is 0 Å². The van der Waals surface area contributed by atoms with Crippen LogP contribution in [0.1, 0.15) is 45.2 Å². The molecule has 0 bridgehead atoms. The van der Waals surface area contributed by atoms with Gasteiger partial charge in [0.05, 0.1) is 5.75 Å². The van der Waals surface area contributed by atoms with Crippen molar-refractivity contribution in [3.05, 3.63) is 70.7 Å². The highest BCUT2D eigenvalue weighted by atomic mass is 35.5. The zero-order valence-corrected chi connectivity index (χ0v) is 19.7. The molecule has 0 aliphatic rings. The lowest BCUT2D eigenvalue weighted by Gasteiger charge is -2.33. The molecule has 0 aromatic heterocycles. The zero-order chi connectivity index (χ0) is 22.1. The van der Waals surface area contributed by atoms with Crippen molar-refractivity contribution in [3.63, 3.8) is 0 Å². The molecule has 0 heterocycles. The normalized spacial score (nSPS) is 12.3. The van der Waals surface area contributed by atoms with Crippen molar-refractivity contribution in [1.29, 1.82) is 0 Å². The Hall–Kier alpha value is -1.98. The summed E-state index contributed by atoms with van der Waals surface area (Å²) in [6.07, 6.45) is 0.558. The van der Waals surface area contributed by atoms with Crippen LogP contribution in [0, 0.1) is 0 Å². The van der Waals surface area contributed by atoms with Gasteiger partial charge >= 0.3 is 0 Å². The molecule has 30 heavy (non-hydrogen) atoms. The van der Waals surface area contributed by atoms with Gasteiger partial charge in [0.2, 0.25) is 11.8 Å². The van der Waals surface area contributed by atoms with Crippen molar-refractivity contribution in [2.75, 3.05) is 5.75 Å². The largest absolute Gasteiger partial charge is 0.350 e. The summed E-state index contributed by atoms with van der Waals surface area (Å²) < 4.78 is 0. The number of nitrogens with zero attached hydrogens (tertiary/aromatic N) is 1. The van der Waals surface area contributed by atoms with Crippen LogP contribution in [0.5, 0.6) is 0 Å². The minimum atomic E-state index is -0.506. The summed E-state index contributed by atoms with van der Waals surface area (Å²) >= 11 is 7.48. The summed E-state index contributed by atoms with van der Waals surface area (Å²) in [4.78, 5) is 27.8. The molecule has 2 aromatic carbocycles. The van der Waals surface area contributed by atoms with Gasteiger partial charge < -0.3 is 10.2 Å². The number of thioether (sulfide) groups is 1. The van der Waals surface area contributed by atoms with E-state index in [1.54, 1.807) is 16.7 Å². The van der Waals surface area contributed by atoms with Crippen LogP contribution in [0.3, 0.4) is 0 Å². The molecule has 0 saturated carbocycles. The molecule has 2 rings (SSSR count). The highest BCUT2D eigenvalue weighted by molar-refractivity contribution is 7.99. The predicted molar refractivity (Wildman–Crippen MR) is 127 cm³/mol. The number of hydrogen-bond donors (Lipinski definition) is 1. The Kier molecular flexibility index (Phi) is 9.25. The number of rotatable bonds is 9. The zero-order valence-electron chi connectivity index (χ0n) is 18.2. The Morgan fingerprint density at radius 2 is 1.67 bits per heavy atom. The molecule has 1 unspecified atom stereocenters. The molecule has 4 nitrogen and oxygen atoms in total. The number of hydrogen-bond acceptors (Lipinski definition) is 3. The van der Waals surface area contributed by atoms with Crippen molar-refractivity contribution in [3.8, 4) is 0 Å². The lowest BCUT2D eigenvalue weighted by atomic mass is 10.1. The van der Waals surface area contributed by atoms with E-state index in [2.05, 4.69) is 5.32 Å². The van der Waals surface area contributed by atoms with Gasteiger partial charge in [0.1, 0.15) is 6.04 Å². The van der Waals surface area contributed by atoms with Crippen molar-refractivity contribution < 1.29 is 9.59 Å². The molecule has 2 aromatic rings. The number of carbonyl (C=O) groups excluding carboxylic acids is 2. The van der Waals surface area contributed by atoms with Crippen LogP contribution in [0.25, 0.3) is 0 Å². The lowest BCUT2D eigenvalue weighted by Crippen LogP contribution is -2.53. The highest BCUT2D eigenvalue weighted by Gasteiger charge is 2.30. The van der Waals surface area contributed by atoms with E-state index >= 15 is 0 Å². The Balaban J connectivity index is 2.11. The average molecular weight is 447 g/mol. The van der Waals surface area contributed by atoms with Crippen LogP contribution < -0.4 is 5.32 Å². The molecule has 0 saturated heterocycles. The Morgan fingerprint density at radius 1 is 1.03 bits per heavy atom. The first-order chi connectivity index (χ1) is 14.2. The molecule has 0 fully saturated rings. The van der Waals surface area contributed by atoms with Crippen LogP contribution in [-0.2, 0) is 21.9 Å². The number of carbonyl (C=O) groups is 2. The molecule has 1 N–H and O–H groups in total. The van der Waals surface area contributed by atoms with E-state index in [9.17, 15) is 9.59 Å². The SMILES string of the molecule is CCC(C(=O)NC(C)(C)C)N(Cc1ccccc1)C(=O)CSCc1ccc(Cl)cc1. The number of benzene rings is 2. The van der Waals surface area contributed by atoms with Gasteiger partial charge in [-0.1, -0.05) is 61.0 Å². The number of amides is 2. The fourth-order valence-corrected chi connectivity index (χ4v) is 4.07. The van der Waals surface area contributed by atoms with Crippen molar-refractivity contribution in [2.45, 2.75) is 58.0 Å². The molecule has 1 atom stereocenters. The Labute approximate surface area is 189 Å². The highest BCUT2D eigenvalue weighted by Crippen LogP contribution is 2.19. The maximum Gasteiger partial charge on any atom is 0.243 e. The molecule has 0 aliphatic heterocycles. The molecule has 0 aliphatic carbocycles. The van der Waals surface area contributed by atoms with E-state index in [1.165, 1.54) is 0 Å². The second kappa shape index (κ2) is 11.4. The van der Waals surface area contributed by atoms with E-state index in [4.69, 9.17) is 11.6 Å². The van der Waals surface area contributed by atoms with Crippen LogP contribution in [0.15, 0.2) is 54.6 Å². The number of halogens is 1. The Bertz CT molecular complexity index is 819. The van der Waals surface area contributed by atoms with Gasteiger partial charge in [-0.15, -0.1) is 11.8 Å². The van der Waals surface area contributed by atoms with Crippen molar-refractivity contribution in [2.24, 2.45) is 0 Å². The predicted octanol–water partition coefficient (Wildman–Crippen LogP) is 5.30. The Morgan fingerprint density at radius 3 is 2.23 bits per heavy atom. The fraction of sp³-hybridized carbons (Fsp3) is 0.417. The topological polar surface area (TPSA) is 49.4 Å². The van der Waals surface area contributed by atoms with Gasteiger partial charge in [-0.2, -0.15) is 0 Å². The molecule has 162 valence electrons. The van der Waals surface area contributed by atoms with Gasteiger partial charge in [0.25, 0.3) is 0 Å². The third kappa shape index (κ3) is 8.04. The molecule has 0 spiro atoms. The maximum absolute atomic E-state index is 13.2. The minimum absolute atomic E-state index is 0.0336. The third-order valence-corrected chi connectivity index (χ3v) is 5.73. The molecular formula is C24H31ClN2O2S. The van der Waals surface area contributed by atoms with Crippen molar-refractivity contribution in [1.82, 2.24) is 10.2 Å². The lowest BCUT2D eigenvalue weighted by molar-refractivity contribution is -0.140. The minimum Gasteiger partial charge on any atom is -0.350 e. The summed E-state index contributed by atoms with van der Waals surface area (Å²) in [6, 6.07) is 16.9. The van der Waals surface area contributed by atoms with E-state index < -0.39 is 6.04 Å². The standard InChI is InChI=1S/C24H31ClN2O2S/c1-5-21(23(29)26-24(2,3)4)27(15-18-9-7-6-8-10-18)22(28)17-30-16-19-11-13-20(25)14-12-19/h6-14,21H,5,15-17H2,1-4H3,(H,26,29). The molecule has 6 heteroatoms. The first-order valence-electron chi connectivity index (χ1n) is 10.2. The smallest absolute Gasteiger partial charge is 0.243 e. The average Bonchev–Trinajstić information content (AvgIpc) is 2.68. The summed E-state index contributed by atoms with van der Waals surface area (Å²) in [5.74, 6) is 0.882. The van der Waals surface area contributed by atoms with Gasteiger partial charge in [-0.25, -0.2) is 0 Å². The second-order valence-electron chi connectivity index (χ2n) is 8.29. The summed E-state index contributed by atoms with van der Waals surface area (Å²) in [5, 5.41) is 3.73. The van der Waals surface area contributed by atoms with E-state index in [0.717, 1.165) is 11.1 Å². The third-order valence-electron chi connectivity index (χ3n) is 4.49. The van der Waals surface area contributed by atoms with E-state index in [1.807, 2.05) is 82.3 Å². The number of nitrogens with one attached hydrogen (secondary N) is 1. The van der Waals surface area contributed by atoms with Gasteiger partial charge in [-0.3, -0.25) is 9.59 Å². The van der Waals surface area contributed by atoms with Crippen LogP contribution in [0.2, 0.25) is 5.02 Å². The first kappa shape index (κ1) is 24.3. The molecule has 2 amide bonds. The van der Waals surface area contributed by atoms with Gasteiger partial charge in [0.15, 0.2) is 0 Å². The van der Waals surface area contributed by atoms with Crippen LogP contribution in [-0.4, -0.2) is 34.0 Å². The van der Waals surface area contributed by atoms with Gasteiger partial charge in [-0.05, 0) is 50.5 Å². The monoisotopic (exact) mass is 446 g/mol. The molecular weight excluding hydrogens is 416 g/mol. The molecule has 0 radical (unpaired) electrons. The van der Waals surface area contributed by atoms with Crippen molar-refractivity contribution >= 4 is 35.2 Å². The summed E-state index contributed by atoms with van der Waals surface area (Å²) in [6.45, 7) is 8.20.